The van der Waals surface area contributed by atoms with Gasteiger partial charge in [-0.1, -0.05) is 12.1 Å². The summed E-state index contributed by atoms with van der Waals surface area (Å²) in [4.78, 5) is 13.8. The van der Waals surface area contributed by atoms with Crippen LogP contribution in [-0.2, 0) is 20.1 Å². The first-order valence-electron chi connectivity index (χ1n) is 15.0. The zero-order valence-electron chi connectivity index (χ0n) is 26.1. The van der Waals surface area contributed by atoms with Crippen molar-refractivity contribution < 1.29 is 24.5 Å². The SMILES string of the molecule is Cc1ccnc2nc(-c3[c-]ccc4c3oc3c[c]([Ge]([CH3])([CH3])[CH3])ccc34)n(-c3ccccc3)c12.[Ir].[c-]1ccccc1-c1ccccn1. The molecule has 0 aliphatic rings. The number of fused-ring (bicyclic) bond motifs is 4. The summed E-state index contributed by atoms with van der Waals surface area (Å²) in [7, 11) is 0. The zero-order chi connectivity index (χ0) is 31.0. The first kappa shape index (κ1) is 31.6. The van der Waals surface area contributed by atoms with Crippen molar-refractivity contribution >= 4 is 50.8 Å². The van der Waals surface area contributed by atoms with E-state index in [1.807, 2.05) is 79.0 Å². The van der Waals surface area contributed by atoms with E-state index in [0.29, 0.717) is 0 Å². The number of nitrogens with zero attached hydrogens (tertiary/aromatic N) is 4. The van der Waals surface area contributed by atoms with Crippen LogP contribution >= 0.6 is 0 Å². The Hall–Kier alpha value is -4.36. The van der Waals surface area contributed by atoms with Crippen molar-refractivity contribution in [3.05, 3.63) is 139 Å². The monoisotopic (exact) mass is 839 g/mol. The van der Waals surface area contributed by atoms with Crippen LogP contribution in [0.2, 0.25) is 17.3 Å². The predicted molar refractivity (Wildman–Crippen MR) is 187 cm³/mol. The number of benzene rings is 4. The Bertz CT molecular complexity index is 2220. The van der Waals surface area contributed by atoms with Gasteiger partial charge in [-0.3, -0.25) is 0 Å². The molecule has 0 fully saturated rings. The van der Waals surface area contributed by atoms with Crippen molar-refractivity contribution in [2.45, 2.75) is 24.2 Å². The Kier molecular flexibility index (Phi) is 9.05. The molecule has 0 saturated heterocycles. The summed E-state index contributed by atoms with van der Waals surface area (Å²) < 4.78 is 10.1. The molecule has 0 N–H and O–H groups in total. The van der Waals surface area contributed by atoms with E-state index in [0.717, 1.165) is 67.0 Å². The third-order valence-corrected chi connectivity index (χ3v) is 12.2. The van der Waals surface area contributed by atoms with Crippen LogP contribution in [0.15, 0.2) is 126 Å². The minimum Gasteiger partial charge on any atom is -0.305 e. The summed E-state index contributed by atoms with van der Waals surface area (Å²) >= 11 is -1.98. The molecule has 0 unspecified atom stereocenters. The number of aromatic nitrogens is 4. The van der Waals surface area contributed by atoms with Gasteiger partial charge in [-0.25, -0.2) is 0 Å². The van der Waals surface area contributed by atoms with Crippen molar-refractivity contribution in [3.8, 4) is 28.3 Å². The molecule has 0 aliphatic heterocycles. The molecule has 1 radical (unpaired) electrons. The number of rotatable bonds is 4. The molecule has 5 nitrogen and oxygen atoms in total. The van der Waals surface area contributed by atoms with Crippen molar-refractivity contribution in [1.82, 2.24) is 19.5 Å². The minimum absolute atomic E-state index is 0. The van der Waals surface area contributed by atoms with Crippen LogP contribution in [0.5, 0.6) is 0 Å². The Morgan fingerprint density at radius 1 is 0.739 bits per heavy atom. The number of imidazole rings is 1. The van der Waals surface area contributed by atoms with E-state index in [9.17, 15) is 0 Å². The van der Waals surface area contributed by atoms with Gasteiger partial charge in [0.25, 0.3) is 0 Å². The Balaban J connectivity index is 0.000000241. The molecule has 0 atom stereocenters. The van der Waals surface area contributed by atoms with Gasteiger partial charge in [0, 0.05) is 26.3 Å². The van der Waals surface area contributed by atoms with Gasteiger partial charge in [0.1, 0.15) is 0 Å². The largest absolute Gasteiger partial charge is 0.305 e. The summed E-state index contributed by atoms with van der Waals surface area (Å²) in [5, 5.41) is 2.22. The molecule has 8 aromatic rings. The Morgan fingerprint density at radius 3 is 2.28 bits per heavy atom. The number of pyridine rings is 2. The number of furan rings is 1. The van der Waals surface area contributed by atoms with E-state index in [4.69, 9.17) is 9.40 Å². The van der Waals surface area contributed by atoms with Crippen molar-refractivity contribution in [3.63, 3.8) is 0 Å². The zero-order valence-corrected chi connectivity index (χ0v) is 30.6. The molecule has 0 amide bonds. The summed E-state index contributed by atoms with van der Waals surface area (Å²) in [5.74, 6) is 8.00. The van der Waals surface area contributed by atoms with E-state index in [1.54, 1.807) is 6.20 Å². The van der Waals surface area contributed by atoms with Gasteiger partial charge in [0.2, 0.25) is 0 Å². The molecule has 0 bridgehead atoms. The van der Waals surface area contributed by atoms with Crippen LogP contribution in [0.4, 0.5) is 0 Å². The average Bonchev–Trinajstić information content (AvgIpc) is 3.65. The fourth-order valence-corrected chi connectivity index (χ4v) is 8.00. The van der Waals surface area contributed by atoms with Crippen LogP contribution in [-0.4, -0.2) is 32.8 Å². The van der Waals surface area contributed by atoms with Gasteiger partial charge < -0.3 is 4.98 Å². The quantitative estimate of drug-likeness (QED) is 0.131. The molecule has 4 heterocycles. The van der Waals surface area contributed by atoms with Crippen molar-refractivity contribution in [2.24, 2.45) is 0 Å². The maximum absolute atomic E-state index is 6.52. The molecule has 0 aliphatic carbocycles. The third-order valence-electron chi connectivity index (χ3n) is 7.94. The number of hydrogen-bond donors (Lipinski definition) is 0. The summed E-state index contributed by atoms with van der Waals surface area (Å²) in [6.45, 7) is 2.10. The first-order valence-corrected chi connectivity index (χ1v) is 22.4. The number of hydrogen-bond acceptors (Lipinski definition) is 4. The fraction of sp³-hybridized carbons (Fsp3) is 0.103. The van der Waals surface area contributed by atoms with E-state index in [1.165, 1.54) is 4.40 Å². The molecular formula is C39H32GeIrN4O-2. The van der Waals surface area contributed by atoms with Crippen LogP contribution < -0.4 is 4.40 Å². The van der Waals surface area contributed by atoms with Crippen LogP contribution in [0.25, 0.3) is 61.4 Å². The first-order chi connectivity index (χ1) is 21.9. The molecule has 0 spiro atoms. The maximum atomic E-state index is 6.52. The van der Waals surface area contributed by atoms with Crippen molar-refractivity contribution in [1.29, 1.82) is 0 Å². The second-order valence-electron chi connectivity index (χ2n) is 12.1. The molecule has 4 aromatic carbocycles. The predicted octanol–water partition coefficient (Wildman–Crippen LogP) is 9.19. The minimum atomic E-state index is -1.98. The van der Waals surface area contributed by atoms with Crippen LogP contribution in [0.1, 0.15) is 5.56 Å². The number of aryl methyl sites for hydroxylation is 1. The van der Waals surface area contributed by atoms with E-state index < -0.39 is 13.3 Å². The smallest absolute Gasteiger partial charge is 0.0160 e. The third kappa shape index (κ3) is 6.08. The van der Waals surface area contributed by atoms with Gasteiger partial charge in [0.15, 0.2) is 0 Å². The summed E-state index contributed by atoms with van der Waals surface area (Å²) in [6, 6.07) is 43.4. The normalized spacial score (nSPS) is 11.3. The molecule has 0 saturated carbocycles. The summed E-state index contributed by atoms with van der Waals surface area (Å²) in [5.41, 5.74) is 8.50. The summed E-state index contributed by atoms with van der Waals surface area (Å²) in [6.07, 6.45) is 3.60. The molecule has 46 heavy (non-hydrogen) atoms. The van der Waals surface area contributed by atoms with Crippen molar-refractivity contribution in [2.75, 3.05) is 0 Å². The van der Waals surface area contributed by atoms with Gasteiger partial charge >= 0.3 is 196 Å². The fourth-order valence-electron chi connectivity index (χ4n) is 5.60. The van der Waals surface area contributed by atoms with E-state index in [-0.39, 0.29) is 20.1 Å². The van der Waals surface area contributed by atoms with Crippen LogP contribution in [0, 0.1) is 19.1 Å². The molecule has 8 rings (SSSR count). The van der Waals surface area contributed by atoms with E-state index >= 15 is 0 Å². The second-order valence-corrected chi connectivity index (χ2v) is 22.7. The maximum Gasteiger partial charge on any atom is 0.0160 e. The Labute approximate surface area is 285 Å². The standard InChI is InChI=1S/C28H24GeN3O.C11H8N.Ir/c1-18-15-16-30-27-25(18)32(20-9-6-5-7-10-20)28(31-27)23-12-8-11-22-21-14-13-19(29(2,3)4)17-24(21)33-26(22)23;1-2-6-10(7-3-1)11-8-4-5-9-12-11;/h5-11,13-17H,1-4H3;1-6,8-9H;/q2*-1;. The average molecular weight is 838 g/mol. The van der Waals surface area contributed by atoms with Crippen LogP contribution in [0.3, 0.4) is 0 Å². The van der Waals surface area contributed by atoms with Gasteiger partial charge in [0.05, 0.1) is 0 Å². The molecule has 229 valence electrons. The second kappa shape index (κ2) is 13.2. The van der Waals surface area contributed by atoms with E-state index in [2.05, 4.69) is 87.3 Å². The topological polar surface area (TPSA) is 56.7 Å². The number of para-hydroxylation sites is 1. The van der Waals surface area contributed by atoms with Gasteiger partial charge in [-0.05, 0) is 11.8 Å². The molecule has 7 heteroatoms. The molecule has 4 aromatic heterocycles. The van der Waals surface area contributed by atoms with Gasteiger partial charge in [-0.15, -0.1) is 35.9 Å². The molecular weight excluding hydrogens is 805 g/mol. The van der Waals surface area contributed by atoms with Gasteiger partial charge in [-0.2, -0.15) is 0 Å². The Morgan fingerprint density at radius 2 is 1.54 bits per heavy atom.